The van der Waals surface area contributed by atoms with Gasteiger partial charge in [-0.05, 0) is 13.0 Å². The summed E-state index contributed by atoms with van der Waals surface area (Å²) < 4.78 is 10.4. The molecule has 4 rings (SSSR count). The smallest absolute Gasteiger partial charge is 0.351 e. The minimum atomic E-state index is -0.929. The fraction of sp³-hybridized carbons (Fsp3) is 0.0526. The fourth-order valence-corrected chi connectivity index (χ4v) is 2.95. The average molecular weight is 336 g/mol. The van der Waals surface area contributed by atoms with Crippen LogP contribution in [0.4, 0.5) is 0 Å². The van der Waals surface area contributed by atoms with Gasteiger partial charge in [-0.2, -0.15) is 0 Å². The zero-order valence-electron chi connectivity index (χ0n) is 13.1. The zero-order valence-corrected chi connectivity index (χ0v) is 13.1. The van der Waals surface area contributed by atoms with Crippen LogP contribution in [0.3, 0.4) is 0 Å². The van der Waals surface area contributed by atoms with Crippen molar-refractivity contribution >= 4 is 27.5 Å². The van der Waals surface area contributed by atoms with Crippen molar-refractivity contribution in [2.75, 3.05) is 0 Å². The largest absolute Gasteiger partial charge is 0.507 e. The van der Waals surface area contributed by atoms with Crippen LogP contribution in [0.25, 0.3) is 21.7 Å². The van der Waals surface area contributed by atoms with Crippen LogP contribution < -0.4 is 5.63 Å². The van der Waals surface area contributed by atoms with E-state index in [1.54, 1.807) is 24.3 Å². The molecule has 0 unspecified atom stereocenters. The van der Waals surface area contributed by atoms with Gasteiger partial charge in [-0.3, -0.25) is 4.79 Å². The van der Waals surface area contributed by atoms with Crippen LogP contribution in [-0.4, -0.2) is 16.0 Å². The maximum Gasteiger partial charge on any atom is 0.351 e. The second kappa shape index (κ2) is 5.24. The SMILES string of the molecule is Cc1cc(O)c(C(=O)c2coc3c2cc(O)c2ccccc23)c(=O)o1. The number of ketones is 1. The Morgan fingerprint density at radius 3 is 2.44 bits per heavy atom. The summed E-state index contributed by atoms with van der Waals surface area (Å²) in [5.41, 5.74) is -0.932. The van der Waals surface area contributed by atoms with Crippen molar-refractivity contribution in [1.82, 2.24) is 0 Å². The highest BCUT2D eigenvalue weighted by atomic mass is 16.4. The zero-order chi connectivity index (χ0) is 17.7. The quantitative estimate of drug-likeness (QED) is 0.543. The topological polar surface area (TPSA) is 101 Å². The molecule has 2 aromatic heterocycles. The van der Waals surface area contributed by atoms with Gasteiger partial charge in [-0.25, -0.2) is 4.79 Å². The number of hydrogen-bond donors (Lipinski definition) is 2. The first-order valence-corrected chi connectivity index (χ1v) is 7.47. The van der Waals surface area contributed by atoms with Gasteiger partial charge in [0.15, 0.2) is 0 Å². The molecule has 0 saturated heterocycles. The lowest BCUT2D eigenvalue weighted by molar-refractivity contribution is 0.103. The van der Waals surface area contributed by atoms with E-state index in [0.717, 1.165) is 0 Å². The molecule has 0 fully saturated rings. The Labute approximate surface area is 140 Å². The Morgan fingerprint density at radius 1 is 1.00 bits per heavy atom. The molecule has 0 bridgehead atoms. The van der Waals surface area contributed by atoms with Crippen molar-refractivity contribution in [3.63, 3.8) is 0 Å². The number of phenolic OH excluding ortho intramolecular Hbond substituents is 1. The Morgan fingerprint density at radius 2 is 1.72 bits per heavy atom. The predicted octanol–water partition coefficient (Wildman–Crippen LogP) is 3.49. The van der Waals surface area contributed by atoms with E-state index in [1.807, 2.05) is 0 Å². The average Bonchev–Trinajstić information content (AvgIpc) is 2.98. The number of hydrogen-bond acceptors (Lipinski definition) is 6. The van der Waals surface area contributed by atoms with Gasteiger partial charge < -0.3 is 19.0 Å². The Kier molecular flexibility index (Phi) is 3.15. The molecule has 0 spiro atoms. The van der Waals surface area contributed by atoms with E-state index in [1.165, 1.54) is 25.3 Å². The third-order valence-corrected chi connectivity index (χ3v) is 4.08. The number of carbonyl (C=O) groups excluding carboxylic acids is 1. The summed E-state index contributed by atoms with van der Waals surface area (Å²) in [6.45, 7) is 1.49. The molecule has 0 atom stereocenters. The summed E-state index contributed by atoms with van der Waals surface area (Å²) >= 11 is 0. The third-order valence-electron chi connectivity index (χ3n) is 4.08. The first-order valence-electron chi connectivity index (χ1n) is 7.47. The van der Waals surface area contributed by atoms with Crippen molar-refractivity contribution in [2.24, 2.45) is 0 Å². The van der Waals surface area contributed by atoms with Gasteiger partial charge >= 0.3 is 5.63 Å². The molecule has 0 aliphatic carbocycles. The van der Waals surface area contributed by atoms with Crippen LogP contribution in [0.2, 0.25) is 0 Å². The molecule has 2 heterocycles. The first kappa shape index (κ1) is 15.0. The summed E-state index contributed by atoms with van der Waals surface area (Å²) in [4.78, 5) is 24.7. The van der Waals surface area contributed by atoms with Crippen LogP contribution in [0.1, 0.15) is 21.7 Å². The summed E-state index contributed by atoms with van der Waals surface area (Å²) in [5.74, 6) is -1.02. The summed E-state index contributed by atoms with van der Waals surface area (Å²) in [7, 11) is 0. The normalized spacial score (nSPS) is 11.2. The van der Waals surface area contributed by atoms with E-state index in [9.17, 15) is 19.8 Å². The van der Waals surface area contributed by atoms with E-state index in [0.29, 0.717) is 21.7 Å². The minimum absolute atomic E-state index is 0.0151. The number of benzene rings is 2. The second-order valence-corrected chi connectivity index (χ2v) is 5.70. The molecule has 25 heavy (non-hydrogen) atoms. The van der Waals surface area contributed by atoms with Gasteiger partial charge in [0, 0.05) is 22.2 Å². The summed E-state index contributed by atoms with van der Waals surface area (Å²) in [5, 5.41) is 21.8. The number of aromatic hydroxyl groups is 2. The lowest BCUT2D eigenvalue weighted by Gasteiger charge is -2.04. The van der Waals surface area contributed by atoms with Gasteiger partial charge in [0.2, 0.25) is 5.78 Å². The minimum Gasteiger partial charge on any atom is -0.507 e. The molecule has 0 aliphatic heterocycles. The number of rotatable bonds is 2. The van der Waals surface area contributed by atoms with Crippen LogP contribution in [0, 0.1) is 6.92 Å². The van der Waals surface area contributed by atoms with E-state index in [4.69, 9.17) is 8.83 Å². The molecule has 124 valence electrons. The number of aryl methyl sites for hydroxylation is 1. The first-order chi connectivity index (χ1) is 12.0. The van der Waals surface area contributed by atoms with Gasteiger partial charge in [-0.1, -0.05) is 24.3 Å². The maximum absolute atomic E-state index is 12.8. The predicted molar refractivity (Wildman–Crippen MR) is 90.2 cm³/mol. The van der Waals surface area contributed by atoms with Crippen LogP contribution >= 0.6 is 0 Å². The number of carbonyl (C=O) groups is 1. The molecular formula is C19H12O6. The molecule has 2 N–H and O–H groups in total. The van der Waals surface area contributed by atoms with E-state index in [-0.39, 0.29) is 17.1 Å². The van der Waals surface area contributed by atoms with E-state index >= 15 is 0 Å². The van der Waals surface area contributed by atoms with Gasteiger partial charge in [0.05, 0.1) is 5.56 Å². The molecule has 6 heteroatoms. The third kappa shape index (κ3) is 2.19. The fourth-order valence-electron chi connectivity index (χ4n) is 2.95. The van der Waals surface area contributed by atoms with Gasteiger partial charge in [0.25, 0.3) is 0 Å². The Hall–Kier alpha value is -3.54. The van der Waals surface area contributed by atoms with E-state index < -0.39 is 22.7 Å². The molecule has 4 aromatic rings. The van der Waals surface area contributed by atoms with Crippen LogP contribution in [0.15, 0.2) is 56.3 Å². The van der Waals surface area contributed by atoms with Crippen LogP contribution in [-0.2, 0) is 0 Å². The standard InChI is InChI=1S/C19H12O6/c1-9-6-15(21)16(19(23)25-9)17(22)13-8-24-18-11-5-3-2-4-10(11)14(20)7-12(13)18/h2-8,20-21H,1H3. The number of fused-ring (bicyclic) bond motifs is 3. The van der Waals surface area contributed by atoms with Crippen molar-refractivity contribution in [3.8, 4) is 11.5 Å². The van der Waals surface area contributed by atoms with Crippen molar-refractivity contribution in [1.29, 1.82) is 0 Å². The molecular weight excluding hydrogens is 324 g/mol. The Bertz CT molecular complexity index is 1210. The molecule has 0 saturated carbocycles. The maximum atomic E-state index is 12.8. The number of phenols is 1. The van der Waals surface area contributed by atoms with Gasteiger partial charge in [-0.15, -0.1) is 0 Å². The molecule has 0 aliphatic rings. The number of furan rings is 1. The van der Waals surface area contributed by atoms with Crippen molar-refractivity contribution in [2.45, 2.75) is 6.92 Å². The summed E-state index contributed by atoms with van der Waals surface area (Å²) in [6.07, 6.45) is 1.21. The highest BCUT2D eigenvalue weighted by molar-refractivity contribution is 6.20. The molecule has 0 amide bonds. The molecule has 6 nitrogen and oxygen atoms in total. The molecule has 0 radical (unpaired) electrons. The summed E-state index contributed by atoms with van der Waals surface area (Å²) in [6, 6.07) is 9.65. The van der Waals surface area contributed by atoms with Gasteiger partial charge in [0.1, 0.15) is 34.7 Å². The lowest BCUT2D eigenvalue weighted by Crippen LogP contribution is -2.15. The highest BCUT2D eigenvalue weighted by Crippen LogP contribution is 2.36. The van der Waals surface area contributed by atoms with Crippen molar-refractivity contribution in [3.05, 3.63) is 70.0 Å². The monoisotopic (exact) mass is 336 g/mol. The van der Waals surface area contributed by atoms with E-state index in [2.05, 4.69) is 0 Å². The van der Waals surface area contributed by atoms with Crippen molar-refractivity contribution < 1.29 is 23.8 Å². The highest BCUT2D eigenvalue weighted by Gasteiger charge is 2.24. The lowest BCUT2D eigenvalue weighted by atomic mass is 10.00. The molecule has 2 aromatic carbocycles. The second-order valence-electron chi connectivity index (χ2n) is 5.70. The van der Waals surface area contributed by atoms with Crippen LogP contribution in [0.5, 0.6) is 11.5 Å². The Balaban J connectivity index is 2.00.